The Morgan fingerprint density at radius 3 is 2.48 bits per heavy atom. The molecule has 0 bridgehead atoms. The van der Waals surface area contributed by atoms with E-state index in [1.54, 1.807) is 24.1 Å². The van der Waals surface area contributed by atoms with Crippen LogP contribution in [-0.2, 0) is 11.2 Å². The molecule has 0 aliphatic carbocycles. The van der Waals surface area contributed by atoms with Crippen molar-refractivity contribution in [1.82, 2.24) is 9.88 Å². The molecule has 5 nitrogen and oxygen atoms in total. The number of halogens is 1. The highest BCUT2D eigenvalue weighted by molar-refractivity contribution is 7.22. The van der Waals surface area contributed by atoms with E-state index in [-0.39, 0.29) is 18.1 Å². The van der Waals surface area contributed by atoms with Gasteiger partial charge in [-0.05, 0) is 49.0 Å². The van der Waals surface area contributed by atoms with Gasteiger partial charge in [0.05, 0.1) is 23.7 Å². The van der Waals surface area contributed by atoms with Crippen LogP contribution in [0.1, 0.15) is 19.4 Å². The molecular formula is C22H26FN3O2S. The molecule has 154 valence electrons. The maximum atomic E-state index is 13.2. The molecule has 1 aromatic heterocycles. The Labute approximate surface area is 174 Å². The Balaban J connectivity index is 1.87. The number of aromatic nitrogens is 1. The Bertz CT molecular complexity index is 954. The number of hydrogen-bond donors (Lipinski definition) is 0. The van der Waals surface area contributed by atoms with Crippen LogP contribution in [0.15, 0.2) is 42.5 Å². The van der Waals surface area contributed by atoms with Crippen molar-refractivity contribution in [2.24, 2.45) is 0 Å². The van der Waals surface area contributed by atoms with Gasteiger partial charge in [-0.25, -0.2) is 9.37 Å². The van der Waals surface area contributed by atoms with E-state index < -0.39 is 0 Å². The van der Waals surface area contributed by atoms with E-state index in [1.807, 2.05) is 18.2 Å². The zero-order valence-corrected chi connectivity index (χ0v) is 17.8. The minimum Gasteiger partial charge on any atom is -0.497 e. The summed E-state index contributed by atoms with van der Waals surface area (Å²) in [7, 11) is 1.63. The maximum Gasteiger partial charge on any atom is 0.233 e. The predicted molar refractivity (Wildman–Crippen MR) is 116 cm³/mol. The quantitative estimate of drug-likeness (QED) is 0.521. The standard InChI is InChI=1S/C22H26FN3O2S/c1-4-25(5-2)12-13-26(21(27)14-16-6-8-17(23)9-7-16)22-24-19-11-10-18(28-3)15-20(19)29-22/h6-11,15H,4-5,12-14H2,1-3H3. The molecule has 0 saturated carbocycles. The number of nitrogens with zero attached hydrogens (tertiary/aromatic N) is 3. The van der Waals surface area contributed by atoms with E-state index in [4.69, 9.17) is 4.74 Å². The Kier molecular flexibility index (Phi) is 7.17. The largest absolute Gasteiger partial charge is 0.497 e. The minimum absolute atomic E-state index is 0.0465. The molecule has 0 fully saturated rings. The van der Waals surface area contributed by atoms with E-state index in [0.717, 1.165) is 41.2 Å². The molecule has 0 aliphatic heterocycles. The third-order valence-electron chi connectivity index (χ3n) is 4.92. The van der Waals surface area contributed by atoms with Gasteiger partial charge < -0.3 is 9.64 Å². The predicted octanol–water partition coefficient (Wildman–Crippen LogP) is 4.36. The molecule has 29 heavy (non-hydrogen) atoms. The van der Waals surface area contributed by atoms with Crippen molar-refractivity contribution in [2.75, 3.05) is 38.2 Å². The highest BCUT2D eigenvalue weighted by atomic mass is 32.1. The van der Waals surface area contributed by atoms with E-state index in [2.05, 4.69) is 23.7 Å². The fourth-order valence-corrected chi connectivity index (χ4v) is 4.15. The molecule has 0 N–H and O–H groups in total. The van der Waals surface area contributed by atoms with Crippen LogP contribution in [0.25, 0.3) is 10.2 Å². The van der Waals surface area contributed by atoms with Crippen LogP contribution in [0, 0.1) is 5.82 Å². The molecule has 0 unspecified atom stereocenters. The first kappa shape index (κ1) is 21.2. The van der Waals surface area contributed by atoms with Crippen molar-refractivity contribution >= 4 is 32.6 Å². The topological polar surface area (TPSA) is 45.7 Å². The lowest BCUT2D eigenvalue weighted by molar-refractivity contribution is -0.118. The summed E-state index contributed by atoms with van der Waals surface area (Å²) < 4.78 is 19.5. The Hall–Kier alpha value is -2.51. The van der Waals surface area contributed by atoms with E-state index in [1.165, 1.54) is 23.5 Å². The van der Waals surface area contributed by atoms with Gasteiger partial charge in [0.1, 0.15) is 11.6 Å². The average molecular weight is 416 g/mol. The van der Waals surface area contributed by atoms with Crippen LogP contribution in [-0.4, -0.2) is 49.1 Å². The first-order valence-corrected chi connectivity index (χ1v) is 10.6. The second-order valence-corrected chi connectivity index (χ2v) is 7.71. The number of amides is 1. The summed E-state index contributed by atoms with van der Waals surface area (Å²) in [6, 6.07) is 11.8. The monoisotopic (exact) mass is 415 g/mol. The summed E-state index contributed by atoms with van der Waals surface area (Å²) >= 11 is 1.48. The van der Waals surface area contributed by atoms with Crippen molar-refractivity contribution in [2.45, 2.75) is 20.3 Å². The number of fused-ring (bicyclic) bond motifs is 1. The Morgan fingerprint density at radius 2 is 1.83 bits per heavy atom. The molecule has 2 aromatic carbocycles. The van der Waals surface area contributed by atoms with Gasteiger partial charge in [0.2, 0.25) is 5.91 Å². The van der Waals surface area contributed by atoms with Crippen molar-refractivity contribution in [3.05, 3.63) is 53.8 Å². The van der Waals surface area contributed by atoms with E-state index in [9.17, 15) is 9.18 Å². The highest BCUT2D eigenvalue weighted by Gasteiger charge is 2.21. The van der Waals surface area contributed by atoms with Crippen LogP contribution in [0.2, 0.25) is 0 Å². The van der Waals surface area contributed by atoms with Gasteiger partial charge in [-0.3, -0.25) is 9.69 Å². The lowest BCUT2D eigenvalue weighted by Gasteiger charge is -2.24. The molecule has 0 radical (unpaired) electrons. The van der Waals surface area contributed by atoms with Gasteiger partial charge in [-0.2, -0.15) is 0 Å². The second-order valence-electron chi connectivity index (χ2n) is 6.71. The fourth-order valence-electron chi connectivity index (χ4n) is 3.12. The molecule has 1 heterocycles. The molecule has 0 aliphatic rings. The van der Waals surface area contributed by atoms with Crippen molar-refractivity contribution in [1.29, 1.82) is 0 Å². The number of carbonyl (C=O) groups excluding carboxylic acids is 1. The number of carbonyl (C=O) groups is 1. The van der Waals surface area contributed by atoms with Gasteiger partial charge in [0.15, 0.2) is 5.13 Å². The molecule has 3 rings (SSSR count). The first-order valence-electron chi connectivity index (χ1n) is 9.75. The maximum absolute atomic E-state index is 13.2. The normalized spacial score (nSPS) is 11.2. The summed E-state index contributed by atoms with van der Waals surface area (Å²) in [5.74, 6) is 0.412. The van der Waals surface area contributed by atoms with Gasteiger partial charge in [0, 0.05) is 13.1 Å². The van der Waals surface area contributed by atoms with Crippen LogP contribution < -0.4 is 9.64 Å². The third-order valence-corrected chi connectivity index (χ3v) is 5.96. The van der Waals surface area contributed by atoms with Crippen LogP contribution >= 0.6 is 11.3 Å². The van der Waals surface area contributed by atoms with Crippen molar-refractivity contribution in [3.63, 3.8) is 0 Å². The second kappa shape index (κ2) is 9.80. The van der Waals surface area contributed by atoms with Crippen molar-refractivity contribution in [3.8, 4) is 5.75 Å². The zero-order valence-electron chi connectivity index (χ0n) is 17.0. The summed E-state index contributed by atoms with van der Waals surface area (Å²) in [6.45, 7) is 7.39. The number of hydrogen-bond acceptors (Lipinski definition) is 5. The molecule has 1 amide bonds. The molecule has 3 aromatic rings. The van der Waals surface area contributed by atoms with Crippen LogP contribution in [0.3, 0.4) is 0 Å². The third kappa shape index (κ3) is 5.31. The van der Waals surface area contributed by atoms with Gasteiger partial charge >= 0.3 is 0 Å². The molecule has 0 atom stereocenters. The average Bonchev–Trinajstić information content (AvgIpc) is 3.15. The molecule has 0 spiro atoms. The van der Waals surface area contributed by atoms with Crippen molar-refractivity contribution < 1.29 is 13.9 Å². The van der Waals surface area contributed by atoms with E-state index in [0.29, 0.717) is 11.7 Å². The van der Waals surface area contributed by atoms with Crippen LogP contribution in [0.4, 0.5) is 9.52 Å². The smallest absolute Gasteiger partial charge is 0.233 e. The highest BCUT2D eigenvalue weighted by Crippen LogP contribution is 2.31. The fraction of sp³-hybridized carbons (Fsp3) is 0.364. The molecule has 0 saturated heterocycles. The molecule has 7 heteroatoms. The summed E-state index contributed by atoms with van der Waals surface area (Å²) in [4.78, 5) is 21.8. The lowest BCUT2D eigenvalue weighted by atomic mass is 10.1. The van der Waals surface area contributed by atoms with E-state index >= 15 is 0 Å². The van der Waals surface area contributed by atoms with Gasteiger partial charge in [-0.1, -0.05) is 37.3 Å². The number of benzene rings is 2. The number of thiazole rings is 1. The number of methoxy groups -OCH3 is 1. The van der Waals surface area contributed by atoms with Crippen LogP contribution in [0.5, 0.6) is 5.75 Å². The first-order chi connectivity index (χ1) is 14.0. The number of anilines is 1. The minimum atomic E-state index is -0.306. The SMILES string of the molecule is CCN(CC)CCN(C(=O)Cc1ccc(F)cc1)c1nc2ccc(OC)cc2s1. The zero-order chi connectivity index (χ0) is 20.8. The lowest BCUT2D eigenvalue weighted by Crippen LogP contribution is -2.39. The number of ether oxygens (including phenoxy) is 1. The van der Waals surface area contributed by atoms with Gasteiger partial charge in [0.25, 0.3) is 0 Å². The number of rotatable bonds is 9. The number of likely N-dealkylation sites (N-methyl/N-ethyl adjacent to an activating group) is 1. The summed E-state index contributed by atoms with van der Waals surface area (Å²) in [5, 5.41) is 0.674. The Morgan fingerprint density at radius 1 is 1.10 bits per heavy atom. The summed E-state index contributed by atoms with van der Waals surface area (Å²) in [5.41, 5.74) is 1.63. The van der Waals surface area contributed by atoms with Gasteiger partial charge in [-0.15, -0.1) is 0 Å². The molecular weight excluding hydrogens is 389 g/mol. The summed E-state index contributed by atoms with van der Waals surface area (Å²) in [6.07, 6.45) is 0.206.